The maximum atomic E-state index is 11.7. The highest BCUT2D eigenvalue weighted by atomic mass is 32.2. The molecular weight excluding hydrogens is 216 g/mol. The largest absolute Gasteiger partial charge is 0.381 e. The standard InChI is InChI=1S/C9H16N2O3S/c1-8(7-10)15(12,13)11-9(2)3-5-14-6-4-9/h8,11H,3-6H2,1-2H3. The summed E-state index contributed by atoms with van der Waals surface area (Å²) in [6.45, 7) is 4.34. The Labute approximate surface area is 90.5 Å². The Bertz CT molecular complexity index is 352. The van der Waals surface area contributed by atoms with Crippen LogP contribution in [0.1, 0.15) is 26.7 Å². The maximum absolute atomic E-state index is 11.7. The SMILES string of the molecule is CC(C#N)S(=O)(=O)NC1(C)CCOCC1. The van der Waals surface area contributed by atoms with Crippen molar-refractivity contribution in [3.05, 3.63) is 0 Å². The quantitative estimate of drug-likeness (QED) is 0.763. The summed E-state index contributed by atoms with van der Waals surface area (Å²) in [5, 5.41) is 7.57. The Morgan fingerprint density at radius 1 is 1.47 bits per heavy atom. The van der Waals surface area contributed by atoms with Crippen molar-refractivity contribution < 1.29 is 13.2 Å². The van der Waals surface area contributed by atoms with Crippen molar-refractivity contribution in [1.29, 1.82) is 5.26 Å². The first-order chi connectivity index (χ1) is 6.90. The topological polar surface area (TPSA) is 79.2 Å². The average Bonchev–Trinajstić information content (AvgIpc) is 2.16. The Morgan fingerprint density at radius 2 is 2.00 bits per heavy atom. The normalized spacial score (nSPS) is 23.0. The van der Waals surface area contributed by atoms with Gasteiger partial charge in [-0.25, -0.2) is 13.1 Å². The molecule has 1 aliphatic heterocycles. The molecule has 86 valence electrons. The van der Waals surface area contributed by atoms with Gasteiger partial charge in [-0.2, -0.15) is 5.26 Å². The van der Waals surface area contributed by atoms with E-state index in [1.165, 1.54) is 6.92 Å². The molecule has 1 rings (SSSR count). The van der Waals surface area contributed by atoms with E-state index in [-0.39, 0.29) is 0 Å². The Balaban J connectivity index is 2.72. The first kappa shape index (κ1) is 12.4. The van der Waals surface area contributed by atoms with Gasteiger partial charge in [-0.3, -0.25) is 0 Å². The third-order valence-corrected chi connectivity index (χ3v) is 4.45. The highest BCUT2D eigenvalue weighted by Crippen LogP contribution is 2.21. The van der Waals surface area contributed by atoms with E-state index >= 15 is 0 Å². The van der Waals surface area contributed by atoms with Crippen LogP contribution in [0.4, 0.5) is 0 Å². The average molecular weight is 232 g/mol. The predicted molar refractivity (Wildman–Crippen MR) is 55.6 cm³/mol. The minimum atomic E-state index is -3.54. The van der Waals surface area contributed by atoms with E-state index in [4.69, 9.17) is 10.00 Å². The molecule has 0 radical (unpaired) electrons. The maximum Gasteiger partial charge on any atom is 0.228 e. The summed E-state index contributed by atoms with van der Waals surface area (Å²) in [6.07, 6.45) is 1.29. The number of nitrogens with one attached hydrogen (secondary N) is 1. The fourth-order valence-electron chi connectivity index (χ4n) is 1.43. The van der Waals surface area contributed by atoms with Crippen LogP contribution in [0.2, 0.25) is 0 Å². The summed E-state index contributed by atoms with van der Waals surface area (Å²) in [5.74, 6) is 0. The lowest BCUT2D eigenvalue weighted by Crippen LogP contribution is -2.51. The third-order valence-electron chi connectivity index (χ3n) is 2.63. The zero-order valence-electron chi connectivity index (χ0n) is 8.99. The van der Waals surface area contributed by atoms with E-state index in [9.17, 15) is 8.42 Å². The van der Waals surface area contributed by atoms with Crippen LogP contribution in [0, 0.1) is 11.3 Å². The van der Waals surface area contributed by atoms with Crippen LogP contribution < -0.4 is 4.72 Å². The van der Waals surface area contributed by atoms with Crippen LogP contribution in [0.15, 0.2) is 0 Å². The summed E-state index contributed by atoms with van der Waals surface area (Å²) in [5.41, 5.74) is -0.470. The van der Waals surface area contributed by atoms with Crippen molar-refractivity contribution in [2.45, 2.75) is 37.5 Å². The van der Waals surface area contributed by atoms with E-state index in [1.807, 2.05) is 6.92 Å². The molecule has 0 aromatic rings. The summed E-state index contributed by atoms with van der Waals surface area (Å²) in [6, 6.07) is 1.73. The Morgan fingerprint density at radius 3 is 2.47 bits per heavy atom. The number of ether oxygens (including phenoxy) is 1. The molecule has 1 atom stereocenters. The summed E-state index contributed by atoms with van der Waals surface area (Å²) in [4.78, 5) is 0. The monoisotopic (exact) mass is 232 g/mol. The molecule has 15 heavy (non-hydrogen) atoms. The van der Waals surface area contributed by atoms with Gasteiger partial charge >= 0.3 is 0 Å². The van der Waals surface area contributed by atoms with E-state index in [2.05, 4.69) is 4.72 Å². The summed E-state index contributed by atoms with van der Waals surface area (Å²) < 4.78 is 31.1. The number of nitrogens with zero attached hydrogens (tertiary/aromatic N) is 1. The summed E-state index contributed by atoms with van der Waals surface area (Å²) >= 11 is 0. The minimum absolute atomic E-state index is 0.470. The molecule has 1 N–H and O–H groups in total. The molecule has 0 aliphatic carbocycles. The highest BCUT2D eigenvalue weighted by molar-refractivity contribution is 7.90. The zero-order valence-corrected chi connectivity index (χ0v) is 9.80. The molecule has 1 aliphatic rings. The van der Waals surface area contributed by atoms with E-state index in [0.717, 1.165) is 0 Å². The third kappa shape index (κ3) is 3.16. The molecule has 1 fully saturated rings. The van der Waals surface area contributed by atoms with Gasteiger partial charge in [0.2, 0.25) is 10.0 Å². The molecule has 0 amide bonds. The lowest BCUT2D eigenvalue weighted by atomic mass is 9.94. The van der Waals surface area contributed by atoms with E-state index < -0.39 is 20.8 Å². The molecule has 0 aromatic heterocycles. The van der Waals surface area contributed by atoms with Crippen molar-refractivity contribution in [3.63, 3.8) is 0 Å². The fraction of sp³-hybridized carbons (Fsp3) is 0.889. The van der Waals surface area contributed by atoms with Gasteiger partial charge < -0.3 is 4.74 Å². The first-order valence-corrected chi connectivity index (χ1v) is 6.44. The first-order valence-electron chi connectivity index (χ1n) is 4.90. The van der Waals surface area contributed by atoms with Crippen LogP contribution in [0.25, 0.3) is 0 Å². The Hall–Kier alpha value is -0.640. The van der Waals surface area contributed by atoms with Gasteiger partial charge in [0.05, 0.1) is 6.07 Å². The smallest absolute Gasteiger partial charge is 0.228 e. The number of hydrogen-bond acceptors (Lipinski definition) is 4. The van der Waals surface area contributed by atoms with Gasteiger partial charge in [-0.1, -0.05) is 0 Å². The minimum Gasteiger partial charge on any atom is -0.381 e. The number of hydrogen-bond donors (Lipinski definition) is 1. The lowest BCUT2D eigenvalue weighted by molar-refractivity contribution is 0.0537. The molecule has 0 bridgehead atoms. The number of nitriles is 1. The second kappa shape index (κ2) is 4.47. The predicted octanol–water partition coefficient (Wildman–Crippen LogP) is 0.387. The van der Waals surface area contributed by atoms with Crippen LogP contribution >= 0.6 is 0 Å². The van der Waals surface area contributed by atoms with Crippen LogP contribution in [0.3, 0.4) is 0 Å². The number of rotatable bonds is 3. The second-order valence-electron chi connectivity index (χ2n) is 4.09. The van der Waals surface area contributed by atoms with Crippen molar-refractivity contribution in [2.24, 2.45) is 0 Å². The molecule has 0 saturated carbocycles. The lowest BCUT2D eigenvalue weighted by Gasteiger charge is -2.34. The molecule has 1 heterocycles. The van der Waals surface area contributed by atoms with Gasteiger partial charge in [0.15, 0.2) is 5.25 Å². The van der Waals surface area contributed by atoms with Crippen molar-refractivity contribution in [3.8, 4) is 6.07 Å². The summed E-state index contributed by atoms with van der Waals surface area (Å²) in [7, 11) is -3.54. The van der Waals surface area contributed by atoms with Crippen molar-refractivity contribution in [2.75, 3.05) is 13.2 Å². The van der Waals surface area contributed by atoms with Crippen LogP contribution in [-0.4, -0.2) is 32.4 Å². The molecule has 1 saturated heterocycles. The van der Waals surface area contributed by atoms with Crippen LogP contribution in [-0.2, 0) is 14.8 Å². The molecule has 1 unspecified atom stereocenters. The van der Waals surface area contributed by atoms with Crippen LogP contribution in [0.5, 0.6) is 0 Å². The van der Waals surface area contributed by atoms with Crippen molar-refractivity contribution >= 4 is 10.0 Å². The van der Waals surface area contributed by atoms with Crippen molar-refractivity contribution in [1.82, 2.24) is 4.72 Å². The molecule has 0 aromatic carbocycles. The van der Waals surface area contributed by atoms with E-state index in [1.54, 1.807) is 6.07 Å². The van der Waals surface area contributed by atoms with Gasteiger partial charge in [-0.05, 0) is 26.7 Å². The van der Waals surface area contributed by atoms with Gasteiger partial charge in [-0.15, -0.1) is 0 Å². The van der Waals surface area contributed by atoms with E-state index in [0.29, 0.717) is 26.1 Å². The zero-order chi connectivity index (χ0) is 11.5. The highest BCUT2D eigenvalue weighted by Gasteiger charge is 2.34. The number of sulfonamides is 1. The van der Waals surface area contributed by atoms with Gasteiger partial charge in [0.25, 0.3) is 0 Å². The van der Waals surface area contributed by atoms with Gasteiger partial charge in [0.1, 0.15) is 0 Å². The fourth-order valence-corrected chi connectivity index (χ4v) is 2.63. The molecular formula is C9H16N2O3S. The van der Waals surface area contributed by atoms with Gasteiger partial charge in [0, 0.05) is 18.8 Å². The molecule has 6 heteroatoms. The Kier molecular flexibility index (Phi) is 3.71. The second-order valence-corrected chi connectivity index (χ2v) is 6.09. The molecule has 0 spiro atoms. The molecule has 5 nitrogen and oxygen atoms in total.